The molecule has 0 aromatic carbocycles. The number of hydrogen-bond acceptors (Lipinski definition) is 5. The van der Waals surface area contributed by atoms with Crippen LogP contribution in [0.3, 0.4) is 0 Å². The molecule has 0 spiro atoms. The maximum Gasteiger partial charge on any atom is 0.517 e. The highest BCUT2D eigenvalue weighted by molar-refractivity contribution is 7.90. The molecule has 0 aliphatic carbocycles. The van der Waals surface area contributed by atoms with Crippen molar-refractivity contribution >= 4 is 28.2 Å². The van der Waals surface area contributed by atoms with E-state index in [0.717, 1.165) is 0 Å². The van der Waals surface area contributed by atoms with Gasteiger partial charge in [-0.25, -0.2) is 3.97 Å². The fourth-order valence-corrected chi connectivity index (χ4v) is 2.73. The van der Waals surface area contributed by atoms with Crippen LogP contribution in [0.1, 0.15) is 28.0 Å². The first-order valence-electron chi connectivity index (χ1n) is 5.85. The highest BCUT2D eigenvalue weighted by atomic mass is 32.2. The molecule has 0 atom stereocenters. The Morgan fingerprint density at radius 2 is 1.78 bits per heavy atom. The maximum absolute atomic E-state index is 12.6. The van der Waals surface area contributed by atoms with E-state index in [-0.39, 0.29) is 15.8 Å². The SMILES string of the molecule is O=Cc1c(CC(=O)O)c(CCC(=O)O)cn1S(=O)(=O)C(F)(F)F. The van der Waals surface area contributed by atoms with E-state index in [0.29, 0.717) is 6.20 Å². The van der Waals surface area contributed by atoms with Gasteiger partial charge in [-0.3, -0.25) is 14.4 Å². The van der Waals surface area contributed by atoms with Crippen LogP contribution in [-0.2, 0) is 32.5 Å². The number of carboxylic acids is 2. The number of halogens is 3. The van der Waals surface area contributed by atoms with Gasteiger partial charge in [-0.2, -0.15) is 21.6 Å². The van der Waals surface area contributed by atoms with Crippen molar-refractivity contribution < 1.29 is 46.2 Å². The molecule has 0 radical (unpaired) electrons. The molecule has 0 fully saturated rings. The number of hydrogen-bond donors (Lipinski definition) is 2. The van der Waals surface area contributed by atoms with Gasteiger partial charge in [0.25, 0.3) is 0 Å². The summed E-state index contributed by atoms with van der Waals surface area (Å²) < 4.78 is 60.4. The van der Waals surface area contributed by atoms with E-state index < -0.39 is 58.0 Å². The van der Waals surface area contributed by atoms with Crippen molar-refractivity contribution in [3.05, 3.63) is 23.0 Å². The molecule has 128 valence electrons. The number of aryl methyl sites for hydroxylation is 1. The molecule has 1 aromatic rings. The normalized spacial score (nSPS) is 12.1. The Morgan fingerprint density at radius 1 is 1.22 bits per heavy atom. The van der Waals surface area contributed by atoms with Gasteiger partial charge in [0, 0.05) is 12.6 Å². The van der Waals surface area contributed by atoms with Gasteiger partial charge in [0.05, 0.1) is 6.42 Å². The number of carbonyl (C=O) groups excluding carboxylic acids is 1. The van der Waals surface area contributed by atoms with Crippen LogP contribution in [0.15, 0.2) is 6.20 Å². The molecule has 2 N–H and O–H groups in total. The molecule has 0 saturated heterocycles. The summed E-state index contributed by atoms with van der Waals surface area (Å²) in [6.07, 6.45) is -1.73. The summed E-state index contributed by atoms with van der Waals surface area (Å²) >= 11 is 0. The molecule has 0 bridgehead atoms. The van der Waals surface area contributed by atoms with Crippen LogP contribution in [0.4, 0.5) is 13.2 Å². The van der Waals surface area contributed by atoms with E-state index in [1.165, 1.54) is 0 Å². The Bertz CT molecular complexity index is 748. The van der Waals surface area contributed by atoms with Gasteiger partial charge in [-0.15, -0.1) is 0 Å². The standard InChI is InChI=1S/C11H10F3NO7S/c12-11(13,14)23(21,22)15-4-6(1-2-9(17)18)7(3-10(19)20)8(15)5-16/h4-5H,1-3H2,(H,17,18)(H,19,20). The van der Waals surface area contributed by atoms with Crippen molar-refractivity contribution in [1.29, 1.82) is 0 Å². The summed E-state index contributed by atoms with van der Waals surface area (Å²) in [6.45, 7) is 0. The Kier molecular flexibility index (Phi) is 5.20. The van der Waals surface area contributed by atoms with Crippen LogP contribution in [0.5, 0.6) is 0 Å². The molecular weight excluding hydrogens is 347 g/mol. The molecule has 0 saturated carbocycles. The van der Waals surface area contributed by atoms with Crippen LogP contribution in [0.2, 0.25) is 0 Å². The van der Waals surface area contributed by atoms with Crippen molar-refractivity contribution in [1.82, 2.24) is 3.97 Å². The van der Waals surface area contributed by atoms with E-state index in [4.69, 9.17) is 10.2 Å². The molecule has 8 nitrogen and oxygen atoms in total. The average molecular weight is 357 g/mol. The molecule has 23 heavy (non-hydrogen) atoms. The highest BCUT2D eigenvalue weighted by Crippen LogP contribution is 2.29. The third-order valence-corrected chi connectivity index (χ3v) is 4.21. The second-order valence-corrected chi connectivity index (χ2v) is 6.15. The number of aromatic nitrogens is 1. The molecule has 1 heterocycles. The predicted octanol–water partition coefficient (Wildman–Crippen LogP) is 0.643. The fourth-order valence-electron chi connectivity index (χ4n) is 1.83. The number of nitrogens with zero attached hydrogens (tertiary/aromatic N) is 1. The number of aliphatic carboxylic acids is 2. The number of carboxylic acid groups (broad SMARTS) is 2. The smallest absolute Gasteiger partial charge is 0.481 e. The van der Waals surface area contributed by atoms with E-state index in [1.54, 1.807) is 0 Å². The Hall–Kier alpha value is -2.37. The van der Waals surface area contributed by atoms with E-state index >= 15 is 0 Å². The topological polar surface area (TPSA) is 131 Å². The summed E-state index contributed by atoms with van der Waals surface area (Å²) in [5, 5.41) is 17.3. The molecule has 0 aliphatic heterocycles. The largest absolute Gasteiger partial charge is 0.517 e. The van der Waals surface area contributed by atoms with Crippen molar-refractivity contribution in [2.24, 2.45) is 0 Å². The first-order chi connectivity index (χ1) is 10.4. The minimum absolute atomic E-state index is 0.216. The zero-order valence-electron chi connectivity index (χ0n) is 11.2. The Labute approximate surface area is 127 Å². The number of alkyl halides is 3. The Balaban J connectivity index is 3.57. The average Bonchev–Trinajstić information content (AvgIpc) is 2.72. The zero-order chi connectivity index (χ0) is 18.0. The predicted molar refractivity (Wildman–Crippen MR) is 67.5 cm³/mol. The van der Waals surface area contributed by atoms with Gasteiger partial charge in [-0.1, -0.05) is 0 Å². The molecule has 12 heteroatoms. The number of aldehydes is 1. The first kappa shape index (κ1) is 18.7. The summed E-state index contributed by atoms with van der Waals surface area (Å²) in [7, 11) is -5.95. The van der Waals surface area contributed by atoms with Crippen LogP contribution in [0, 0.1) is 0 Å². The first-order valence-corrected chi connectivity index (χ1v) is 7.29. The minimum Gasteiger partial charge on any atom is -0.481 e. The molecular formula is C11H10F3NO7S. The zero-order valence-corrected chi connectivity index (χ0v) is 12.0. The summed E-state index contributed by atoms with van der Waals surface area (Å²) in [5.41, 5.74) is -7.45. The second kappa shape index (κ2) is 6.40. The molecule has 1 rings (SSSR count). The van der Waals surface area contributed by atoms with Crippen molar-refractivity contribution in [2.75, 3.05) is 0 Å². The monoisotopic (exact) mass is 357 g/mol. The van der Waals surface area contributed by atoms with E-state index in [1.807, 2.05) is 0 Å². The Morgan fingerprint density at radius 3 is 2.17 bits per heavy atom. The van der Waals surface area contributed by atoms with Gasteiger partial charge in [0.1, 0.15) is 5.69 Å². The third kappa shape index (κ3) is 3.88. The van der Waals surface area contributed by atoms with Gasteiger partial charge < -0.3 is 10.2 Å². The van der Waals surface area contributed by atoms with Gasteiger partial charge in [0.15, 0.2) is 6.29 Å². The van der Waals surface area contributed by atoms with E-state index in [9.17, 15) is 36.0 Å². The van der Waals surface area contributed by atoms with Gasteiger partial charge in [0.2, 0.25) is 0 Å². The number of rotatable bonds is 7. The fraction of sp³-hybridized carbons (Fsp3) is 0.364. The number of carbonyl (C=O) groups is 3. The molecule has 0 unspecified atom stereocenters. The van der Waals surface area contributed by atoms with Crippen LogP contribution >= 0.6 is 0 Å². The van der Waals surface area contributed by atoms with Crippen molar-refractivity contribution in [2.45, 2.75) is 24.8 Å². The quantitative estimate of drug-likeness (QED) is 0.685. The lowest BCUT2D eigenvalue weighted by Crippen LogP contribution is -2.30. The van der Waals surface area contributed by atoms with E-state index in [2.05, 4.69) is 0 Å². The van der Waals surface area contributed by atoms with Crippen LogP contribution in [-0.4, -0.2) is 46.3 Å². The lowest BCUT2D eigenvalue weighted by Gasteiger charge is -2.10. The van der Waals surface area contributed by atoms with Crippen LogP contribution in [0.25, 0.3) is 0 Å². The molecule has 0 aliphatic rings. The van der Waals surface area contributed by atoms with Crippen molar-refractivity contribution in [3.63, 3.8) is 0 Å². The lowest BCUT2D eigenvalue weighted by atomic mass is 10.0. The van der Waals surface area contributed by atoms with Gasteiger partial charge >= 0.3 is 27.5 Å². The van der Waals surface area contributed by atoms with Gasteiger partial charge in [-0.05, 0) is 17.5 Å². The maximum atomic E-state index is 12.6. The summed E-state index contributed by atoms with van der Waals surface area (Å²) in [6, 6.07) is 0. The summed E-state index contributed by atoms with van der Waals surface area (Å²) in [4.78, 5) is 32.3. The van der Waals surface area contributed by atoms with Crippen LogP contribution < -0.4 is 0 Å². The van der Waals surface area contributed by atoms with Crippen molar-refractivity contribution in [3.8, 4) is 0 Å². The molecule has 0 amide bonds. The highest BCUT2D eigenvalue weighted by Gasteiger charge is 2.48. The molecule has 1 aromatic heterocycles. The second-order valence-electron chi connectivity index (χ2n) is 4.35. The third-order valence-electron chi connectivity index (χ3n) is 2.81. The summed E-state index contributed by atoms with van der Waals surface area (Å²) in [5.74, 6) is -2.85. The minimum atomic E-state index is -5.95. The lowest BCUT2D eigenvalue weighted by molar-refractivity contribution is -0.137.